The van der Waals surface area contributed by atoms with Crippen molar-refractivity contribution in [3.05, 3.63) is 66.2 Å². The Balaban J connectivity index is 1.22. The van der Waals surface area contributed by atoms with Crippen molar-refractivity contribution in [2.45, 2.75) is 45.1 Å². The molecule has 2 aliphatic carbocycles. The summed E-state index contributed by atoms with van der Waals surface area (Å²) in [6.07, 6.45) is 8.43. The van der Waals surface area contributed by atoms with Gasteiger partial charge in [-0.05, 0) is 92.8 Å². The summed E-state index contributed by atoms with van der Waals surface area (Å²) in [6.45, 7) is 3.72. The van der Waals surface area contributed by atoms with Gasteiger partial charge in [-0.15, -0.1) is 0 Å². The standard InChI is InChI=1S/C31H32ClFN6O3S/c1-19-6-7-22-23(8-9-25(33)27(22)39(32)43(40,41)18-20-16-31(20)11-12-31)28(19)42-29-24(5-3-14-35-29)26-10-15-36-30(38-26)37-21-4-2-13-34-17-21/h3,5-10,14-15,20-21,34H,2,4,11-13,16-18H2,1H3,(H,36,37,38)/t20-,21+/m1/s1. The molecule has 0 unspecified atom stereocenters. The predicted octanol–water partition coefficient (Wildman–Crippen LogP) is 6.19. The van der Waals surface area contributed by atoms with Gasteiger partial charge < -0.3 is 15.4 Å². The topological polar surface area (TPSA) is 109 Å². The Bertz CT molecular complexity index is 1810. The lowest BCUT2D eigenvalue weighted by Crippen LogP contribution is -2.38. The van der Waals surface area contributed by atoms with E-state index in [4.69, 9.17) is 21.5 Å². The molecule has 1 aliphatic heterocycles. The lowest BCUT2D eigenvalue weighted by Gasteiger charge is -2.23. The predicted molar refractivity (Wildman–Crippen MR) is 165 cm³/mol. The van der Waals surface area contributed by atoms with Crippen LogP contribution in [0.3, 0.4) is 0 Å². The second-order valence-corrected chi connectivity index (χ2v) is 14.3. The van der Waals surface area contributed by atoms with E-state index < -0.39 is 15.8 Å². The summed E-state index contributed by atoms with van der Waals surface area (Å²) in [7, 11) is -3.95. The Hall–Kier alpha value is -3.54. The summed E-state index contributed by atoms with van der Waals surface area (Å²) >= 11 is 6.44. The third-order valence-electron chi connectivity index (χ3n) is 8.89. The average molecular weight is 623 g/mol. The number of halogens is 2. The highest BCUT2D eigenvalue weighted by atomic mass is 35.5. The maximum Gasteiger partial charge on any atom is 0.249 e. The number of pyridine rings is 1. The van der Waals surface area contributed by atoms with Crippen LogP contribution in [0.5, 0.6) is 11.6 Å². The van der Waals surface area contributed by atoms with E-state index in [1.54, 1.807) is 42.7 Å². The quantitative estimate of drug-likeness (QED) is 0.213. The number of hydrogen-bond donors (Lipinski definition) is 2. The van der Waals surface area contributed by atoms with Crippen molar-refractivity contribution >= 4 is 44.2 Å². The van der Waals surface area contributed by atoms with Gasteiger partial charge in [0.2, 0.25) is 21.9 Å². The van der Waals surface area contributed by atoms with Gasteiger partial charge in [0.15, 0.2) is 0 Å². The molecular weight excluding hydrogens is 591 g/mol. The second kappa shape index (κ2) is 10.9. The smallest absolute Gasteiger partial charge is 0.249 e. The molecule has 4 aromatic rings. The number of anilines is 2. The number of hydrogen-bond acceptors (Lipinski definition) is 8. The van der Waals surface area contributed by atoms with E-state index in [-0.39, 0.29) is 28.8 Å². The lowest BCUT2D eigenvalue weighted by atomic mass is 10.0. The Labute approximate surface area is 255 Å². The molecule has 43 heavy (non-hydrogen) atoms. The minimum absolute atomic E-state index is 0.0809. The third-order valence-corrected chi connectivity index (χ3v) is 11.2. The molecule has 3 heterocycles. The summed E-state index contributed by atoms with van der Waals surface area (Å²) < 4.78 is 48.8. The Morgan fingerprint density at radius 3 is 2.74 bits per heavy atom. The number of rotatable bonds is 9. The zero-order chi connectivity index (χ0) is 29.8. The summed E-state index contributed by atoms with van der Waals surface area (Å²) in [6, 6.07) is 11.9. The first-order valence-corrected chi connectivity index (χ1v) is 16.5. The van der Waals surface area contributed by atoms with E-state index in [2.05, 4.69) is 20.6 Å². The molecule has 3 fully saturated rings. The molecule has 2 N–H and O–H groups in total. The fraction of sp³-hybridized carbons (Fsp3) is 0.387. The molecule has 0 radical (unpaired) electrons. The maximum atomic E-state index is 15.3. The maximum absolute atomic E-state index is 15.3. The zero-order valence-corrected chi connectivity index (χ0v) is 25.3. The van der Waals surface area contributed by atoms with Crippen LogP contribution >= 0.6 is 11.8 Å². The number of piperidine rings is 1. The molecule has 7 rings (SSSR count). The van der Waals surface area contributed by atoms with Crippen LogP contribution in [0.15, 0.2) is 54.9 Å². The fourth-order valence-corrected chi connectivity index (χ4v) is 8.07. The van der Waals surface area contributed by atoms with Crippen molar-refractivity contribution < 1.29 is 17.5 Å². The van der Waals surface area contributed by atoms with Crippen molar-refractivity contribution in [2.24, 2.45) is 11.3 Å². The van der Waals surface area contributed by atoms with E-state index >= 15 is 4.39 Å². The molecule has 1 spiro atoms. The van der Waals surface area contributed by atoms with Crippen LogP contribution in [-0.4, -0.2) is 48.3 Å². The summed E-state index contributed by atoms with van der Waals surface area (Å²) in [5.41, 5.74) is 2.00. The van der Waals surface area contributed by atoms with Crippen molar-refractivity contribution in [3.63, 3.8) is 0 Å². The number of nitrogens with one attached hydrogen (secondary N) is 2. The number of aromatic nitrogens is 3. The number of fused-ring (bicyclic) bond motifs is 1. The monoisotopic (exact) mass is 622 g/mol. The van der Waals surface area contributed by atoms with Gasteiger partial charge in [0.05, 0.1) is 17.0 Å². The van der Waals surface area contributed by atoms with Gasteiger partial charge in [-0.2, -0.15) is 3.82 Å². The second-order valence-electron chi connectivity index (χ2n) is 11.9. The number of nitrogens with zero attached hydrogens (tertiary/aromatic N) is 4. The van der Waals surface area contributed by atoms with Crippen LogP contribution in [0.4, 0.5) is 16.0 Å². The van der Waals surface area contributed by atoms with Gasteiger partial charge in [-0.3, -0.25) is 0 Å². The first kappa shape index (κ1) is 28.2. The largest absolute Gasteiger partial charge is 0.437 e. The number of ether oxygens (including phenoxy) is 1. The molecule has 3 aliphatic rings. The molecule has 2 aromatic carbocycles. The number of sulfonamides is 1. The Morgan fingerprint density at radius 2 is 1.98 bits per heavy atom. The molecule has 2 saturated carbocycles. The van der Waals surface area contributed by atoms with Crippen LogP contribution in [0.1, 0.15) is 37.7 Å². The summed E-state index contributed by atoms with van der Waals surface area (Å²) in [4.78, 5) is 13.6. The SMILES string of the molecule is Cc1ccc2c(N(Cl)S(=O)(=O)C[C@H]3CC34CC4)c(F)ccc2c1Oc1ncccc1-c1ccnc(N[C@H]2CCCNC2)n1. The van der Waals surface area contributed by atoms with Crippen molar-refractivity contribution in [1.82, 2.24) is 20.3 Å². The number of benzene rings is 2. The molecule has 224 valence electrons. The molecule has 1 saturated heterocycles. The van der Waals surface area contributed by atoms with Crippen molar-refractivity contribution in [1.29, 1.82) is 0 Å². The zero-order valence-electron chi connectivity index (χ0n) is 23.7. The van der Waals surface area contributed by atoms with E-state index in [0.717, 1.165) is 50.8 Å². The first-order valence-electron chi connectivity index (χ1n) is 14.6. The van der Waals surface area contributed by atoms with Gasteiger partial charge in [0, 0.05) is 47.5 Å². The van der Waals surface area contributed by atoms with Crippen molar-refractivity contribution in [2.75, 3.05) is 28.0 Å². The van der Waals surface area contributed by atoms with E-state index in [1.165, 1.54) is 6.07 Å². The molecular formula is C31H32ClFN6O3S. The highest BCUT2D eigenvalue weighted by molar-refractivity contribution is 7.94. The van der Waals surface area contributed by atoms with Crippen LogP contribution in [0.25, 0.3) is 22.0 Å². The van der Waals surface area contributed by atoms with Crippen LogP contribution in [0.2, 0.25) is 0 Å². The number of aryl methyl sites for hydroxylation is 1. The first-order chi connectivity index (χ1) is 20.7. The Kier molecular flexibility index (Phi) is 7.14. The minimum Gasteiger partial charge on any atom is -0.437 e. The van der Waals surface area contributed by atoms with Gasteiger partial charge in [-0.25, -0.2) is 27.8 Å². The molecule has 9 nitrogen and oxygen atoms in total. The van der Waals surface area contributed by atoms with Gasteiger partial charge in [0.1, 0.15) is 17.3 Å². The molecule has 2 atom stereocenters. The third kappa shape index (κ3) is 5.49. The van der Waals surface area contributed by atoms with Gasteiger partial charge in [0.25, 0.3) is 0 Å². The Morgan fingerprint density at radius 1 is 1.14 bits per heavy atom. The van der Waals surface area contributed by atoms with Gasteiger partial charge >= 0.3 is 0 Å². The average Bonchev–Trinajstić information content (AvgIpc) is 3.93. The van der Waals surface area contributed by atoms with Gasteiger partial charge in [-0.1, -0.05) is 12.1 Å². The van der Waals surface area contributed by atoms with Crippen LogP contribution < -0.4 is 19.2 Å². The molecule has 12 heteroatoms. The van der Waals surface area contributed by atoms with E-state index in [1.807, 2.05) is 13.0 Å². The van der Waals surface area contributed by atoms with E-state index in [0.29, 0.717) is 43.4 Å². The lowest BCUT2D eigenvalue weighted by molar-refractivity contribution is 0.466. The molecule has 0 bridgehead atoms. The fourth-order valence-electron chi connectivity index (χ4n) is 6.16. The van der Waals surface area contributed by atoms with Crippen LogP contribution in [-0.2, 0) is 10.0 Å². The summed E-state index contributed by atoms with van der Waals surface area (Å²) in [5, 5.41) is 7.61. The van der Waals surface area contributed by atoms with Crippen LogP contribution in [0, 0.1) is 24.1 Å². The van der Waals surface area contributed by atoms with E-state index in [9.17, 15) is 8.42 Å². The molecule has 2 aromatic heterocycles. The minimum atomic E-state index is -3.95. The highest BCUT2D eigenvalue weighted by Crippen LogP contribution is 2.70. The van der Waals surface area contributed by atoms with Crippen molar-refractivity contribution in [3.8, 4) is 22.9 Å². The molecule has 0 amide bonds. The summed E-state index contributed by atoms with van der Waals surface area (Å²) in [5.74, 6) is 0.492. The highest BCUT2D eigenvalue weighted by Gasteiger charge is 2.63. The normalized spacial score (nSPS) is 20.6.